The average molecular weight is 333 g/mol. The number of hydrazine groups is 1. The highest BCUT2D eigenvalue weighted by Crippen LogP contribution is 2.17. The third-order valence-corrected chi connectivity index (χ3v) is 3.72. The first-order chi connectivity index (χ1) is 11.0. The van der Waals surface area contributed by atoms with Crippen molar-refractivity contribution in [3.8, 4) is 0 Å². The molecule has 0 aliphatic heterocycles. The Morgan fingerprint density at radius 1 is 1.09 bits per heavy atom. The summed E-state index contributed by atoms with van der Waals surface area (Å²) in [5.74, 6) is -0.923. The number of carbonyl (C=O) groups is 2. The summed E-state index contributed by atoms with van der Waals surface area (Å²) < 4.78 is 5.19. The molecule has 0 heterocycles. The van der Waals surface area contributed by atoms with Gasteiger partial charge in [0.15, 0.2) is 6.10 Å². The molecule has 2 amide bonds. The summed E-state index contributed by atoms with van der Waals surface area (Å²) in [5.41, 5.74) is 6.63. The van der Waals surface area contributed by atoms with Crippen LogP contribution in [0.1, 0.15) is 27.6 Å². The first-order valence-corrected chi connectivity index (χ1v) is 7.35. The molecule has 1 atom stereocenters. The number of halogens is 1. The molecule has 0 aromatic heterocycles. The number of nitrogens with one attached hydrogen (secondary N) is 2. The Labute approximate surface area is 139 Å². The van der Waals surface area contributed by atoms with Gasteiger partial charge >= 0.3 is 0 Å². The van der Waals surface area contributed by atoms with Crippen LogP contribution in [0.2, 0.25) is 5.02 Å². The summed E-state index contributed by atoms with van der Waals surface area (Å²) in [5, 5.41) is 0.489. The first kappa shape index (κ1) is 17.0. The number of amides is 2. The van der Waals surface area contributed by atoms with Crippen molar-refractivity contribution in [1.29, 1.82) is 0 Å². The number of hydrogen-bond acceptors (Lipinski definition) is 3. The molecule has 2 aromatic carbocycles. The van der Waals surface area contributed by atoms with Crippen molar-refractivity contribution in [2.24, 2.45) is 0 Å². The SMILES string of the molecule is COC(C(=O)NNC(=O)c1ccc(C)c(Cl)c1)c1ccccc1. The van der Waals surface area contributed by atoms with Crippen LogP contribution < -0.4 is 10.9 Å². The van der Waals surface area contributed by atoms with Crippen molar-refractivity contribution < 1.29 is 14.3 Å². The number of rotatable bonds is 4. The zero-order chi connectivity index (χ0) is 16.8. The van der Waals surface area contributed by atoms with Crippen molar-refractivity contribution in [1.82, 2.24) is 10.9 Å². The maximum absolute atomic E-state index is 12.2. The van der Waals surface area contributed by atoms with E-state index in [9.17, 15) is 9.59 Å². The molecule has 23 heavy (non-hydrogen) atoms. The quantitative estimate of drug-likeness (QED) is 0.846. The fourth-order valence-electron chi connectivity index (χ4n) is 2.01. The lowest BCUT2D eigenvalue weighted by atomic mass is 10.1. The van der Waals surface area contributed by atoms with Gasteiger partial charge in [-0.1, -0.05) is 48.0 Å². The standard InChI is InChI=1S/C17H17ClN2O3/c1-11-8-9-13(10-14(11)18)16(21)19-20-17(22)15(23-2)12-6-4-3-5-7-12/h3-10,15H,1-2H3,(H,19,21)(H,20,22). The number of hydrogen-bond donors (Lipinski definition) is 2. The smallest absolute Gasteiger partial charge is 0.272 e. The van der Waals surface area contributed by atoms with Gasteiger partial charge in [0, 0.05) is 17.7 Å². The molecule has 0 saturated carbocycles. The summed E-state index contributed by atoms with van der Waals surface area (Å²) in [7, 11) is 1.43. The number of aryl methyl sites for hydroxylation is 1. The van der Waals surface area contributed by atoms with E-state index in [1.807, 2.05) is 25.1 Å². The third-order valence-electron chi connectivity index (χ3n) is 3.31. The minimum Gasteiger partial charge on any atom is -0.367 e. The predicted octanol–water partition coefficient (Wildman–Crippen LogP) is 2.80. The highest BCUT2D eigenvalue weighted by Gasteiger charge is 2.20. The fourth-order valence-corrected chi connectivity index (χ4v) is 2.19. The van der Waals surface area contributed by atoms with Crippen LogP contribution in [-0.2, 0) is 9.53 Å². The summed E-state index contributed by atoms with van der Waals surface area (Å²) in [6, 6.07) is 13.9. The van der Waals surface area contributed by atoms with Crippen LogP contribution in [0.4, 0.5) is 0 Å². The lowest BCUT2D eigenvalue weighted by Gasteiger charge is -2.16. The summed E-state index contributed by atoms with van der Waals surface area (Å²) in [6.45, 7) is 1.84. The van der Waals surface area contributed by atoms with E-state index in [0.717, 1.165) is 5.56 Å². The second-order valence-electron chi connectivity index (χ2n) is 4.93. The van der Waals surface area contributed by atoms with Crippen molar-refractivity contribution in [2.45, 2.75) is 13.0 Å². The molecule has 0 aliphatic carbocycles. The van der Waals surface area contributed by atoms with E-state index < -0.39 is 17.9 Å². The Morgan fingerprint density at radius 2 is 1.78 bits per heavy atom. The molecule has 0 bridgehead atoms. The van der Waals surface area contributed by atoms with E-state index in [4.69, 9.17) is 16.3 Å². The molecule has 0 radical (unpaired) electrons. The van der Waals surface area contributed by atoms with Gasteiger partial charge in [0.05, 0.1) is 0 Å². The molecule has 120 valence electrons. The normalized spacial score (nSPS) is 11.6. The molecule has 1 unspecified atom stereocenters. The first-order valence-electron chi connectivity index (χ1n) is 6.97. The van der Waals surface area contributed by atoms with Gasteiger partial charge < -0.3 is 4.74 Å². The van der Waals surface area contributed by atoms with Gasteiger partial charge in [0.25, 0.3) is 11.8 Å². The fraction of sp³-hybridized carbons (Fsp3) is 0.176. The van der Waals surface area contributed by atoms with Gasteiger partial charge in [0.1, 0.15) is 0 Å². The topological polar surface area (TPSA) is 67.4 Å². The Morgan fingerprint density at radius 3 is 2.39 bits per heavy atom. The monoisotopic (exact) mass is 332 g/mol. The Balaban J connectivity index is 2.00. The van der Waals surface area contributed by atoms with Gasteiger partial charge in [-0.2, -0.15) is 0 Å². The van der Waals surface area contributed by atoms with Crippen LogP contribution >= 0.6 is 11.6 Å². The molecule has 2 aromatic rings. The van der Waals surface area contributed by atoms with Gasteiger partial charge in [-0.25, -0.2) is 0 Å². The number of ether oxygens (including phenoxy) is 1. The number of benzene rings is 2. The predicted molar refractivity (Wildman–Crippen MR) is 88.0 cm³/mol. The van der Waals surface area contributed by atoms with Crippen molar-refractivity contribution in [3.63, 3.8) is 0 Å². The molecular formula is C17H17ClN2O3. The molecule has 0 fully saturated rings. The molecular weight excluding hydrogens is 316 g/mol. The highest BCUT2D eigenvalue weighted by atomic mass is 35.5. The maximum Gasteiger partial charge on any atom is 0.272 e. The van der Waals surface area contributed by atoms with Gasteiger partial charge in [-0.3, -0.25) is 20.4 Å². The lowest BCUT2D eigenvalue weighted by Crippen LogP contribution is -2.44. The third kappa shape index (κ3) is 4.31. The lowest BCUT2D eigenvalue weighted by molar-refractivity contribution is -0.132. The summed E-state index contributed by atoms with van der Waals surface area (Å²) in [6.07, 6.45) is -0.807. The van der Waals surface area contributed by atoms with Gasteiger partial charge in [-0.05, 0) is 30.2 Å². The van der Waals surface area contributed by atoms with Crippen molar-refractivity contribution >= 4 is 23.4 Å². The maximum atomic E-state index is 12.2. The molecule has 2 N–H and O–H groups in total. The van der Waals surface area contributed by atoms with E-state index in [-0.39, 0.29) is 0 Å². The van der Waals surface area contributed by atoms with Crippen LogP contribution in [0.5, 0.6) is 0 Å². The van der Waals surface area contributed by atoms with Crippen LogP contribution in [0.3, 0.4) is 0 Å². The van der Waals surface area contributed by atoms with E-state index in [0.29, 0.717) is 16.1 Å². The second kappa shape index (κ2) is 7.76. The minimum atomic E-state index is -0.807. The van der Waals surface area contributed by atoms with E-state index >= 15 is 0 Å². The number of methoxy groups -OCH3 is 1. The minimum absolute atomic E-state index is 0.356. The number of carbonyl (C=O) groups excluding carboxylic acids is 2. The van der Waals surface area contributed by atoms with E-state index in [1.165, 1.54) is 7.11 Å². The highest BCUT2D eigenvalue weighted by molar-refractivity contribution is 6.31. The zero-order valence-electron chi connectivity index (χ0n) is 12.8. The van der Waals surface area contributed by atoms with E-state index in [2.05, 4.69) is 10.9 Å². The van der Waals surface area contributed by atoms with Crippen LogP contribution in [-0.4, -0.2) is 18.9 Å². The largest absolute Gasteiger partial charge is 0.367 e. The molecule has 0 aliphatic rings. The molecule has 5 nitrogen and oxygen atoms in total. The summed E-state index contributed by atoms with van der Waals surface area (Å²) >= 11 is 5.99. The summed E-state index contributed by atoms with van der Waals surface area (Å²) in [4.78, 5) is 24.2. The van der Waals surface area contributed by atoms with Crippen LogP contribution in [0.25, 0.3) is 0 Å². The van der Waals surface area contributed by atoms with Crippen LogP contribution in [0, 0.1) is 6.92 Å². The molecule has 2 rings (SSSR count). The Bertz CT molecular complexity index is 704. The van der Waals surface area contributed by atoms with E-state index in [1.54, 1.807) is 30.3 Å². The van der Waals surface area contributed by atoms with Crippen LogP contribution in [0.15, 0.2) is 48.5 Å². The second-order valence-corrected chi connectivity index (χ2v) is 5.34. The molecule has 0 spiro atoms. The zero-order valence-corrected chi connectivity index (χ0v) is 13.6. The van der Waals surface area contributed by atoms with Gasteiger partial charge in [0.2, 0.25) is 0 Å². The average Bonchev–Trinajstić information content (AvgIpc) is 2.57. The van der Waals surface area contributed by atoms with Crippen molar-refractivity contribution in [2.75, 3.05) is 7.11 Å². The molecule has 0 saturated heterocycles. The molecule has 6 heteroatoms. The van der Waals surface area contributed by atoms with Gasteiger partial charge in [-0.15, -0.1) is 0 Å². The van der Waals surface area contributed by atoms with Crippen molar-refractivity contribution in [3.05, 3.63) is 70.2 Å². The Hall–Kier alpha value is -2.37. The Kier molecular flexibility index (Phi) is 5.73.